The Morgan fingerprint density at radius 2 is 1.83 bits per heavy atom. The molecule has 3 aromatic carbocycles. The van der Waals surface area contributed by atoms with Gasteiger partial charge in [-0.3, -0.25) is 4.79 Å². The molecule has 3 nitrogen and oxygen atoms in total. The molecule has 1 N–H and O–H groups in total. The molecule has 0 unspecified atom stereocenters. The number of rotatable bonds is 5. The first kappa shape index (κ1) is 20.5. The van der Waals surface area contributed by atoms with Crippen LogP contribution in [0.1, 0.15) is 22.3 Å². The Bertz CT molecular complexity index is 1130. The number of carbonyl (C=O) groups is 1. The van der Waals surface area contributed by atoms with Gasteiger partial charge in [-0.15, -0.1) is 0 Å². The van der Waals surface area contributed by atoms with Crippen LogP contribution in [0, 0.1) is 24.1 Å². The Kier molecular flexibility index (Phi) is 6.58. The maximum Gasteiger partial charge on any atom is 0.266 e. The fourth-order valence-electron chi connectivity index (χ4n) is 2.86. The second kappa shape index (κ2) is 9.31. The molecule has 0 spiro atoms. The zero-order chi connectivity index (χ0) is 20.8. The molecule has 0 fully saturated rings. The third-order valence-electron chi connectivity index (χ3n) is 4.49. The van der Waals surface area contributed by atoms with Crippen LogP contribution >= 0.6 is 15.9 Å². The number of nitrogens with zero attached hydrogens (tertiary/aromatic N) is 1. The lowest BCUT2D eigenvalue weighted by Crippen LogP contribution is -2.14. The summed E-state index contributed by atoms with van der Waals surface area (Å²) in [7, 11) is 0. The van der Waals surface area contributed by atoms with E-state index in [-0.39, 0.29) is 11.4 Å². The van der Waals surface area contributed by atoms with Crippen molar-refractivity contribution in [2.24, 2.45) is 0 Å². The van der Waals surface area contributed by atoms with Crippen molar-refractivity contribution in [3.63, 3.8) is 0 Å². The zero-order valence-corrected chi connectivity index (χ0v) is 17.3. The molecule has 0 heterocycles. The van der Waals surface area contributed by atoms with Crippen molar-refractivity contribution in [1.82, 2.24) is 0 Å². The van der Waals surface area contributed by atoms with Gasteiger partial charge in [0.1, 0.15) is 17.5 Å². The molecule has 3 aromatic rings. The topological polar surface area (TPSA) is 52.9 Å². The Morgan fingerprint density at radius 3 is 2.52 bits per heavy atom. The normalized spacial score (nSPS) is 11.0. The van der Waals surface area contributed by atoms with Crippen LogP contribution in [0.5, 0.6) is 0 Å². The summed E-state index contributed by atoms with van der Waals surface area (Å²) in [5, 5.41) is 12.2. The number of nitrogens with one attached hydrogen (secondary N) is 1. The highest BCUT2D eigenvalue weighted by atomic mass is 79.9. The molecule has 144 valence electrons. The Balaban J connectivity index is 1.80. The Hall–Kier alpha value is -3.23. The number of aryl methyl sites for hydroxylation is 1. The standard InChI is InChI=1S/C24H18BrFN2O/c1-16-6-2-5-9-23(16)28-24(29)20(15-27)12-17-10-11-18(21(25)13-17)14-19-7-3-4-8-22(19)26/h2-13H,14H2,1H3,(H,28,29)/b20-12+. The smallest absolute Gasteiger partial charge is 0.266 e. The van der Waals surface area contributed by atoms with E-state index in [2.05, 4.69) is 21.2 Å². The number of carbonyl (C=O) groups excluding carboxylic acids is 1. The summed E-state index contributed by atoms with van der Waals surface area (Å²) in [5.74, 6) is -0.712. The number of benzene rings is 3. The fourth-order valence-corrected chi connectivity index (χ4v) is 3.40. The van der Waals surface area contributed by atoms with Crippen LogP contribution in [0.3, 0.4) is 0 Å². The maximum absolute atomic E-state index is 13.9. The van der Waals surface area contributed by atoms with E-state index in [9.17, 15) is 14.4 Å². The van der Waals surface area contributed by atoms with Crippen LogP contribution in [-0.4, -0.2) is 5.91 Å². The molecule has 0 atom stereocenters. The third-order valence-corrected chi connectivity index (χ3v) is 5.22. The molecule has 1 amide bonds. The summed E-state index contributed by atoms with van der Waals surface area (Å²) >= 11 is 3.51. The SMILES string of the molecule is Cc1ccccc1NC(=O)/C(C#N)=C/c1ccc(Cc2ccccc2F)c(Br)c1. The molecule has 0 bridgehead atoms. The minimum Gasteiger partial charge on any atom is -0.321 e. The second-order valence-corrected chi connectivity index (χ2v) is 7.41. The number of para-hydroxylation sites is 1. The average molecular weight is 449 g/mol. The van der Waals surface area contributed by atoms with Crippen LogP contribution in [0.15, 0.2) is 76.8 Å². The minimum absolute atomic E-state index is 0.00186. The largest absolute Gasteiger partial charge is 0.321 e. The summed E-state index contributed by atoms with van der Waals surface area (Å²) < 4.78 is 14.7. The number of halogens is 2. The van der Waals surface area contributed by atoms with Crippen molar-refractivity contribution < 1.29 is 9.18 Å². The highest BCUT2D eigenvalue weighted by molar-refractivity contribution is 9.10. The van der Waals surface area contributed by atoms with Gasteiger partial charge in [0, 0.05) is 16.6 Å². The van der Waals surface area contributed by atoms with Gasteiger partial charge in [0.15, 0.2) is 0 Å². The van der Waals surface area contributed by atoms with Crippen LogP contribution in [0.2, 0.25) is 0 Å². The van der Waals surface area contributed by atoms with E-state index in [1.807, 2.05) is 43.3 Å². The molecular formula is C24H18BrFN2O. The predicted molar refractivity (Wildman–Crippen MR) is 117 cm³/mol. The third kappa shape index (κ3) is 5.18. The van der Waals surface area contributed by atoms with E-state index in [1.54, 1.807) is 30.3 Å². The molecule has 0 aliphatic rings. The van der Waals surface area contributed by atoms with E-state index < -0.39 is 5.91 Å². The molecule has 29 heavy (non-hydrogen) atoms. The first-order valence-corrected chi connectivity index (χ1v) is 9.78. The molecule has 0 aromatic heterocycles. The van der Waals surface area contributed by atoms with Crippen LogP contribution in [-0.2, 0) is 11.2 Å². The lowest BCUT2D eigenvalue weighted by atomic mass is 10.0. The number of hydrogen-bond acceptors (Lipinski definition) is 2. The van der Waals surface area contributed by atoms with E-state index >= 15 is 0 Å². The molecule has 0 radical (unpaired) electrons. The van der Waals surface area contributed by atoms with Crippen LogP contribution in [0.4, 0.5) is 10.1 Å². The number of amides is 1. The van der Waals surface area contributed by atoms with Crippen molar-refractivity contribution in [2.45, 2.75) is 13.3 Å². The quantitative estimate of drug-likeness (QED) is 0.382. The highest BCUT2D eigenvalue weighted by Crippen LogP contribution is 2.24. The Labute approximate surface area is 177 Å². The second-order valence-electron chi connectivity index (χ2n) is 6.56. The molecule has 0 aliphatic carbocycles. The minimum atomic E-state index is -0.464. The van der Waals surface area contributed by atoms with Gasteiger partial charge in [0.05, 0.1) is 0 Å². The fraction of sp³-hybridized carbons (Fsp3) is 0.0833. The first-order valence-electron chi connectivity index (χ1n) is 8.98. The van der Waals surface area contributed by atoms with Gasteiger partial charge in [0.2, 0.25) is 0 Å². The molecule has 0 saturated heterocycles. The van der Waals surface area contributed by atoms with Gasteiger partial charge in [0.25, 0.3) is 5.91 Å². The average Bonchev–Trinajstić information content (AvgIpc) is 2.71. The number of nitriles is 1. The van der Waals surface area contributed by atoms with Gasteiger partial charge in [-0.2, -0.15) is 5.26 Å². The van der Waals surface area contributed by atoms with Gasteiger partial charge < -0.3 is 5.32 Å². The van der Waals surface area contributed by atoms with Gasteiger partial charge in [-0.25, -0.2) is 4.39 Å². The van der Waals surface area contributed by atoms with E-state index in [0.717, 1.165) is 15.6 Å². The van der Waals surface area contributed by atoms with Gasteiger partial charge >= 0.3 is 0 Å². The number of hydrogen-bond donors (Lipinski definition) is 1. The summed E-state index contributed by atoms with van der Waals surface area (Å²) in [6.07, 6.45) is 1.97. The van der Waals surface area contributed by atoms with Crippen molar-refractivity contribution in [3.8, 4) is 6.07 Å². The molecule has 5 heteroatoms. The molecular weight excluding hydrogens is 431 g/mol. The molecule has 0 aliphatic heterocycles. The van der Waals surface area contributed by atoms with Crippen molar-refractivity contribution in [3.05, 3.63) is 105 Å². The Morgan fingerprint density at radius 1 is 1.10 bits per heavy atom. The molecule has 0 saturated carbocycles. The van der Waals surface area contributed by atoms with Crippen molar-refractivity contribution in [2.75, 3.05) is 5.32 Å². The summed E-state index contributed by atoms with van der Waals surface area (Å²) in [4.78, 5) is 12.5. The van der Waals surface area contributed by atoms with Crippen molar-refractivity contribution in [1.29, 1.82) is 5.26 Å². The van der Waals surface area contributed by atoms with Gasteiger partial charge in [-0.1, -0.05) is 64.5 Å². The lowest BCUT2D eigenvalue weighted by Gasteiger charge is -2.09. The lowest BCUT2D eigenvalue weighted by molar-refractivity contribution is -0.112. The van der Waals surface area contributed by atoms with E-state index in [1.165, 1.54) is 12.1 Å². The maximum atomic E-state index is 13.9. The van der Waals surface area contributed by atoms with Gasteiger partial charge in [-0.05, 0) is 53.5 Å². The van der Waals surface area contributed by atoms with Crippen LogP contribution < -0.4 is 5.32 Å². The van der Waals surface area contributed by atoms with Crippen molar-refractivity contribution >= 4 is 33.6 Å². The van der Waals surface area contributed by atoms with Crippen LogP contribution in [0.25, 0.3) is 6.08 Å². The van der Waals surface area contributed by atoms with E-state index in [4.69, 9.17) is 0 Å². The summed E-state index contributed by atoms with van der Waals surface area (Å²) in [6, 6.07) is 21.5. The summed E-state index contributed by atoms with van der Waals surface area (Å²) in [6.45, 7) is 1.89. The first-order chi connectivity index (χ1) is 14.0. The predicted octanol–water partition coefficient (Wildman–Crippen LogP) is 6.03. The summed E-state index contributed by atoms with van der Waals surface area (Å²) in [5.41, 5.74) is 3.80. The number of anilines is 1. The monoisotopic (exact) mass is 448 g/mol. The zero-order valence-electron chi connectivity index (χ0n) is 15.7. The van der Waals surface area contributed by atoms with E-state index in [0.29, 0.717) is 23.2 Å². The highest BCUT2D eigenvalue weighted by Gasteiger charge is 2.12. The molecule has 3 rings (SSSR count).